The second-order valence-corrected chi connectivity index (χ2v) is 7.03. The minimum Gasteiger partial charge on any atom is -0.508 e. The van der Waals surface area contributed by atoms with E-state index in [1.165, 1.54) is 12.0 Å². The molecule has 1 aliphatic heterocycles. The quantitative estimate of drug-likeness (QED) is 0.914. The number of phenols is 1. The molecule has 0 bridgehead atoms. The summed E-state index contributed by atoms with van der Waals surface area (Å²) >= 11 is 0. The molecular formula is C18H27NO3. The summed E-state index contributed by atoms with van der Waals surface area (Å²) in [6, 6.07) is 7.55. The number of hydrogen-bond donors (Lipinski definition) is 1. The summed E-state index contributed by atoms with van der Waals surface area (Å²) in [5.74, 6) is 0.289. The van der Waals surface area contributed by atoms with Gasteiger partial charge >= 0.3 is 6.09 Å². The van der Waals surface area contributed by atoms with E-state index in [2.05, 4.69) is 0 Å². The number of amides is 1. The van der Waals surface area contributed by atoms with E-state index in [1.807, 2.05) is 37.8 Å². The van der Waals surface area contributed by atoms with Crippen LogP contribution < -0.4 is 0 Å². The molecule has 0 saturated carbocycles. The maximum absolute atomic E-state index is 12.4. The highest BCUT2D eigenvalue weighted by atomic mass is 16.6. The summed E-state index contributed by atoms with van der Waals surface area (Å²) in [5, 5.41) is 9.33. The maximum Gasteiger partial charge on any atom is 0.410 e. The van der Waals surface area contributed by atoms with Gasteiger partial charge in [0.05, 0.1) is 0 Å². The van der Waals surface area contributed by atoms with Gasteiger partial charge in [-0.15, -0.1) is 0 Å². The first-order chi connectivity index (χ1) is 10.3. The summed E-state index contributed by atoms with van der Waals surface area (Å²) in [6.45, 7) is 6.50. The highest BCUT2D eigenvalue weighted by Gasteiger charge is 2.30. The van der Waals surface area contributed by atoms with Crippen LogP contribution >= 0.6 is 0 Å². The van der Waals surface area contributed by atoms with Crippen LogP contribution in [0, 0.1) is 0 Å². The number of aryl methyl sites for hydroxylation is 1. The molecule has 1 heterocycles. The highest BCUT2D eigenvalue weighted by Crippen LogP contribution is 2.24. The van der Waals surface area contributed by atoms with Gasteiger partial charge in [-0.05, 0) is 70.6 Å². The Kier molecular flexibility index (Phi) is 5.33. The van der Waals surface area contributed by atoms with Gasteiger partial charge in [-0.2, -0.15) is 0 Å². The number of nitrogens with zero attached hydrogens (tertiary/aromatic N) is 1. The highest BCUT2D eigenvalue weighted by molar-refractivity contribution is 5.68. The molecule has 1 N–H and O–H groups in total. The van der Waals surface area contributed by atoms with E-state index >= 15 is 0 Å². The summed E-state index contributed by atoms with van der Waals surface area (Å²) in [6.07, 6.45) is 4.91. The number of hydrogen-bond acceptors (Lipinski definition) is 3. The van der Waals surface area contributed by atoms with E-state index in [0.717, 1.165) is 32.2 Å². The van der Waals surface area contributed by atoms with Crippen molar-refractivity contribution in [3.05, 3.63) is 29.8 Å². The lowest BCUT2D eigenvalue weighted by Gasteiger charge is -2.37. The predicted molar refractivity (Wildman–Crippen MR) is 87.0 cm³/mol. The first kappa shape index (κ1) is 16.7. The third kappa shape index (κ3) is 4.93. The predicted octanol–water partition coefficient (Wildman–Crippen LogP) is 4.11. The maximum atomic E-state index is 12.4. The smallest absolute Gasteiger partial charge is 0.410 e. The molecule has 1 atom stereocenters. The first-order valence-electron chi connectivity index (χ1n) is 8.13. The topological polar surface area (TPSA) is 49.8 Å². The molecule has 122 valence electrons. The number of carbonyl (C=O) groups excluding carboxylic acids is 1. The van der Waals surface area contributed by atoms with Gasteiger partial charge in [0.25, 0.3) is 0 Å². The van der Waals surface area contributed by atoms with Crippen molar-refractivity contribution in [3.63, 3.8) is 0 Å². The van der Waals surface area contributed by atoms with Crippen LogP contribution in [0.5, 0.6) is 5.75 Å². The fraction of sp³-hybridized carbons (Fsp3) is 0.611. The van der Waals surface area contributed by atoms with Crippen molar-refractivity contribution in [1.29, 1.82) is 0 Å². The third-order valence-electron chi connectivity index (χ3n) is 3.96. The Morgan fingerprint density at radius 1 is 1.27 bits per heavy atom. The molecule has 0 radical (unpaired) electrons. The number of benzene rings is 1. The van der Waals surface area contributed by atoms with Crippen molar-refractivity contribution in [1.82, 2.24) is 4.90 Å². The van der Waals surface area contributed by atoms with Gasteiger partial charge in [-0.3, -0.25) is 0 Å². The average molecular weight is 305 g/mol. The van der Waals surface area contributed by atoms with Crippen LogP contribution in [0.25, 0.3) is 0 Å². The van der Waals surface area contributed by atoms with Crippen molar-refractivity contribution in [2.45, 2.75) is 64.5 Å². The minimum atomic E-state index is -0.448. The Morgan fingerprint density at radius 2 is 1.95 bits per heavy atom. The number of piperidine rings is 1. The van der Waals surface area contributed by atoms with Gasteiger partial charge in [0.15, 0.2) is 0 Å². The Hall–Kier alpha value is -1.71. The number of ether oxygens (including phenoxy) is 1. The number of likely N-dealkylation sites (tertiary alicyclic amines) is 1. The molecule has 1 saturated heterocycles. The number of aromatic hydroxyl groups is 1. The monoisotopic (exact) mass is 305 g/mol. The SMILES string of the molecule is CC(C)(C)OC(=O)N1CCCC[C@H]1CCc1ccc(O)cc1. The van der Waals surface area contributed by atoms with Crippen LogP contribution in [-0.4, -0.2) is 34.3 Å². The number of rotatable bonds is 3. The fourth-order valence-electron chi connectivity index (χ4n) is 2.86. The molecule has 0 spiro atoms. The molecule has 1 fully saturated rings. The summed E-state index contributed by atoms with van der Waals surface area (Å²) in [4.78, 5) is 14.2. The normalized spacial score (nSPS) is 19.0. The minimum absolute atomic E-state index is 0.192. The lowest BCUT2D eigenvalue weighted by Crippen LogP contribution is -2.46. The summed E-state index contributed by atoms with van der Waals surface area (Å²) < 4.78 is 5.53. The van der Waals surface area contributed by atoms with Crippen molar-refractivity contribution >= 4 is 6.09 Å². The molecule has 0 unspecified atom stereocenters. The Balaban J connectivity index is 1.94. The second kappa shape index (κ2) is 7.03. The van der Waals surface area contributed by atoms with Crippen molar-refractivity contribution in [2.24, 2.45) is 0 Å². The molecule has 1 aromatic carbocycles. The lowest BCUT2D eigenvalue weighted by molar-refractivity contribution is 0.00891. The molecule has 1 amide bonds. The van der Waals surface area contributed by atoms with Crippen molar-refractivity contribution < 1.29 is 14.6 Å². The fourth-order valence-corrected chi connectivity index (χ4v) is 2.86. The molecule has 2 rings (SSSR count). The van der Waals surface area contributed by atoms with Crippen LogP contribution in [0.15, 0.2) is 24.3 Å². The molecule has 1 aromatic rings. The number of carbonyl (C=O) groups is 1. The molecule has 1 aliphatic rings. The zero-order valence-corrected chi connectivity index (χ0v) is 13.8. The van der Waals surface area contributed by atoms with Crippen LogP contribution in [-0.2, 0) is 11.2 Å². The van der Waals surface area contributed by atoms with Crippen LogP contribution in [0.1, 0.15) is 52.0 Å². The molecule has 22 heavy (non-hydrogen) atoms. The van der Waals surface area contributed by atoms with E-state index in [9.17, 15) is 9.90 Å². The molecule has 0 aliphatic carbocycles. The van der Waals surface area contributed by atoms with Gasteiger partial charge in [0.1, 0.15) is 11.4 Å². The van der Waals surface area contributed by atoms with Crippen molar-refractivity contribution in [3.8, 4) is 5.75 Å². The van der Waals surface area contributed by atoms with E-state index in [1.54, 1.807) is 12.1 Å². The summed E-state index contributed by atoms with van der Waals surface area (Å²) in [5.41, 5.74) is 0.739. The second-order valence-electron chi connectivity index (χ2n) is 7.03. The van der Waals surface area contributed by atoms with E-state index in [0.29, 0.717) is 0 Å². The largest absolute Gasteiger partial charge is 0.508 e. The third-order valence-corrected chi connectivity index (χ3v) is 3.96. The van der Waals surface area contributed by atoms with Gasteiger partial charge < -0.3 is 14.7 Å². The summed E-state index contributed by atoms with van der Waals surface area (Å²) in [7, 11) is 0. The van der Waals surface area contributed by atoms with Crippen LogP contribution in [0.4, 0.5) is 4.79 Å². The van der Waals surface area contributed by atoms with Gasteiger partial charge in [0, 0.05) is 12.6 Å². The van der Waals surface area contributed by atoms with E-state index in [-0.39, 0.29) is 17.9 Å². The molecule has 4 heteroatoms. The zero-order chi connectivity index (χ0) is 16.2. The average Bonchev–Trinajstić information content (AvgIpc) is 2.45. The van der Waals surface area contributed by atoms with Gasteiger partial charge in [-0.1, -0.05) is 12.1 Å². The van der Waals surface area contributed by atoms with E-state index in [4.69, 9.17) is 4.74 Å². The lowest BCUT2D eigenvalue weighted by atomic mass is 9.96. The van der Waals surface area contributed by atoms with Gasteiger partial charge in [-0.25, -0.2) is 4.79 Å². The van der Waals surface area contributed by atoms with Crippen LogP contribution in [0.3, 0.4) is 0 Å². The number of phenolic OH excluding ortho intramolecular Hbond substituents is 1. The Bertz CT molecular complexity index is 490. The zero-order valence-electron chi connectivity index (χ0n) is 13.8. The molecule has 4 nitrogen and oxygen atoms in total. The van der Waals surface area contributed by atoms with Crippen LogP contribution in [0.2, 0.25) is 0 Å². The first-order valence-corrected chi connectivity index (χ1v) is 8.13. The Morgan fingerprint density at radius 3 is 2.59 bits per heavy atom. The standard InChI is InChI=1S/C18H27NO3/c1-18(2,3)22-17(21)19-13-5-4-6-15(19)10-7-14-8-11-16(20)12-9-14/h8-9,11-12,15,20H,4-7,10,13H2,1-3H3/t15-/m0/s1. The molecule has 0 aromatic heterocycles. The molecular weight excluding hydrogens is 278 g/mol. The van der Waals surface area contributed by atoms with E-state index < -0.39 is 5.60 Å². The van der Waals surface area contributed by atoms with Crippen molar-refractivity contribution in [2.75, 3.05) is 6.54 Å². The Labute approximate surface area is 133 Å². The van der Waals surface area contributed by atoms with Gasteiger partial charge in [0.2, 0.25) is 0 Å².